The highest BCUT2D eigenvalue weighted by atomic mass is 19.4. The summed E-state index contributed by atoms with van der Waals surface area (Å²) in [7, 11) is 1.40. The number of nitrogens with zero attached hydrogens (tertiary/aromatic N) is 2. The standard InChI is InChI=1S/C13H14F3N3/c1-7-4-5-8(2)9(6-7)10-11(13(14,15)16)18-19(3)12(10)17/h4-6H,17H2,1-3H3. The van der Waals surface area contributed by atoms with E-state index in [0.29, 0.717) is 5.56 Å². The Morgan fingerprint density at radius 1 is 1.21 bits per heavy atom. The second-order valence-corrected chi connectivity index (χ2v) is 4.55. The van der Waals surface area contributed by atoms with Crippen LogP contribution in [-0.4, -0.2) is 9.78 Å². The molecule has 0 saturated carbocycles. The number of rotatable bonds is 1. The van der Waals surface area contributed by atoms with E-state index in [9.17, 15) is 13.2 Å². The SMILES string of the molecule is Cc1ccc(C)c(-c2c(C(F)(F)F)nn(C)c2N)c1. The summed E-state index contributed by atoms with van der Waals surface area (Å²) in [5.74, 6) is 0.0148. The molecule has 0 amide bonds. The van der Waals surface area contributed by atoms with E-state index < -0.39 is 11.9 Å². The van der Waals surface area contributed by atoms with Gasteiger partial charge in [0.15, 0.2) is 5.69 Å². The third-order valence-electron chi connectivity index (χ3n) is 3.02. The minimum absolute atomic E-state index is 0.0148. The van der Waals surface area contributed by atoms with Gasteiger partial charge in [0.1, 0.15) is 5.82 Å². The fourth-order valence-electron chi connectivity index (χ4n) is 2.01. The predicted molar refractivity (Wildman–Crippen MR) is 67.5 cm³/mol. The van der Waals surface area contributed by atoms with Gasteiger partial charge < -0.3 is 5.73 Å². The molecule has 0 unspecified atom stereocenters. The lowest BCUT2D eigenvalue weighted by molar-refractivity contribution is -0.140. The molecule has 0 radical (unpaired) electrons. The minimum Gasteiger partial charge on any atom is -0.383 e. The minimum atomic E-state index is -4.53. The fourth-order valence-corrected chi connectivity index (χ4v) is 2.01. The van der Waals surface area contributed by atoms with Crippen LogP contribution in [0.5, 0.6) is 0 Å². The highest BCUT2D eigenvalue weighted by Crippen LogP contribution is 2.40. The highest BCUT2D eigenvalue weighted by Gasteiger charge is 2.39. The van der Waals surface area contributed by atoms with E-state index in [-0.39, 0.29) is 11.4 Å². The first kappa shape index (κ1) is 13.5. The van der Waals surface area contributed by atoms with Crippen molar-refractivity contribution in [2.75, 3.05) is 5.73 Å². The first-order chi connectivity index (χ1) is 8.71. The molecule has 2 rings (SSSR count). The summed E-state index contributed by atoms with van der Waals surface area (Å²) in [5, 5.41) is 3.50. The Hall–Kier alpha value is -1.98. The van der Waals surface area contributed by atoms with Crippen LogP contribution in [0.4, 0.5) is 19.0 Å². The van der Waals surface area contributed by atoms with Gasteiger partial charge in [0.05, 0.1) is 5.56 Å². The van der Waals surface area contributed by atoms with Crippen LogP contribution in [-0.2, 0) is 13.2 Å². The molecule has 19 heavy (non-hydrogen) atoms. The van der Waals surface area contributed by atoms with E-state index in [2.05, 4.69) is 5.10 Å². The van der Waals surface area contributed by atoms with E-state index in [1.54, 1.807) is 19.1 Å². The molecule has 1 aromatic heterocycles. The van der Waals surface area contributed by atoms with Crippen molar-refractivity contribution in [2.45, 2.75) is 20.0 Å². The van der Waals surface area contributed by atoms with Gasteiger partial charge in [0.25, 0.3) is 0 Å². The summed E-state index contributed by atoms with van der Waals surface area (Å²) < 4.78 is 40.1. The lowest BCUT2D eigenvalue weighted by Gasteiger charge is -2.10. The Morgan fingerprint density at radius 3 is 2.42 bits per heavy atom. The van der Waals surface area contributed by atoms with Crippen molar-refractivity contribution in [1.29, 1.82) is 0 Å². The molecule has 0 aliphatic heterocycles. The van der Waals surface area contributed by atoms with Crippen molar-refractivity contribution in [3.05, 3.63) is 35.0 Å². The van der Waals surface area contributed by atoms with Gasteiger partial charge in [-0.1, -0.05) is 23.8 Å². The Kier molecular flexibility index (Phi) is 3.04. The second-order valence-electron chi connectivity index (χ2n) is 4.55. The molecule has 6 heteroatoms. The third kappa shape index (κ3) is 2.30. The number of alkyl halides is 3. The average molecular weight is 269 g/mol. The number of benzene rings is 1. The number of aromatic nitrogens is 2. The summed E-state index contributed by atoms with van der Waals surface area (Å²) in [6.45, 7) is 3.57. The van der Waals surface area contributed by atoms with Crippen LogP contribution in [0.1, 0.15) is 16.8 Å². The molecule has 2 aromatic rings. The summed E-state index contributed by atoms with van der Waals surface area (Å²) in [6, 6.07) is 5.31. The molecule has 3 nitrogen and oxygen atoms in total. The Balaban J connectivity index is 2.78. The number of halogens is 3. The number of anilines is 1. The zero-order chi connectivity index (χ0) is 14.4. The van der Waals surface area contributed by atoms with E-state index in [0.717, 1.165) is 15.8 Å². The maximum atomic E-state index is 13.0. The van der Waals surface area contributed by atoms with Crippen molar-refractivity contribution in [2.24, 2.45) is 7.05 Å². The molecule has 102 valence electrons. The molecule has 0 saturated heterocycles. The van der Waals surface area contributed by atoms with Crippen molar-refractivity contribution < 1.29 is 13.2 Å². The second kappa shape index (κ2) is 4.29. The number of hydrogen-bond acceptors (Lipinski definition) is 2. The van der Waals surface area contributed by atoms with Crippen LogP contribution in [0.3, 0.4) is 0 Å². The Morgan fingerprint density at radius 2 is 1.84 bits per heavy atom. The molecule has 1 aromatic carbocycles. The topological polar surface area (TPSA) is 43.8 Å². The van der Waals surface area contributed by atoms with Crippen LogP contribution in [0.25, 0.3) is 11.1 Å². The van der Waals surface area contributed by atoms with Gasteiger partial charge in [-0.05, 0) is 25.0 Å². The lowest BCUT2D eigenvalue weighted by atomic mass is 9.98. The van der Waals surface area contributed by atoms with Crippen molar-refractivity contribution >= 4 is 5.82 Å². The first-order valence-corrected chi connectivity index (χ1v) is 5.69. The molecule has 1 heterocycles. The van der Waals surface area contributed by atoms with E-state index in [1.165, 1.54) is 7.05 Å². The summed E-state index contributed by atoms with van der Waals surface area (Å²) in [5.41, 5.74) is 6.84. The number of nitrogen functional groups attached to an aromatic ring is 1. The van der Waals surface area contributed by atoms with Crippen LogP contribution in [0.2, 0.25) is 0 Å². The monoisotopic (exact) mass is 269 g/mol. The molecular weight excluding hydrogens is 255 g/mol. The molecule has 0 aliphatic carbocycles. The Labute approximate surface area is 108 Å². The fraction of sp³-hybridized carbons (Fsp3) is 0.308. The van der Waals surface area contributed by atoms with Gasteiger partial charge in [-0.2, -0.15) is 18.3 Å². The largest absolute Gasteiger partial charge is 0.435 e. The molecule has 0 bridgehead atoms. The molecule has 0 spiro atoms. The molecule has 2 N–H and O–H groups in total. The van der Waals surface area contributed by atoms with Gasteiger partial charge in [0, 0.05) is 7.05 Å². The number of hydrogen-bond donors (Lipinski definition) is 1. The molecule has 0 atom stereocenters. The van der Waals surface area contributed by atoms with Crippen LogP contribution < -0.4 is 5.73 Å². The zero-order valence-electron chi connectivity index (χ0n) is 10.8. The predicted octanol–water partition coefficient (Wildman–Crippen LogP) is 3.30. The first-order valence-electron chi connectivity index (χ1n) is 5.69. The van der Waals surface area contributed by atoms with E-state index in [1.807, 2.05) is 13.0 Å². The van der Waals surface area contributed by atoms with Crippen LogP contribution >= 0.6 is 0 Å². The van der Waals surface area contributed by atoms with Gasteiger partial charge in [-0.25, -0.2) is 0 Å². The Bertz CT molecular complexity index is 627. The van der Waals surface area contributed by atoms with Gasteiger partial charge >= 0.3 is 6.18 Å². The zero-order valence-corrected chi connectivity index (χ0v) is 10.8. The van der Waals surface area contributed by atoms with Gasteiger partial charge in [0.2, 0.25) is 0 Å². The maximum absolute atomic E-state index is 13.0. The summed E-state index contributed by atoms with van der Waals surface area (Å²) in [4.78, 5) is 0. The number of aryl methyl sites for hydroxylation is 3. The normalized spacial score (nSPS) is 11.9. The molecule has 0 aliphatic rings. The molecule has 0 fully saturated rings. The van der Waals surface area contributed by atoms with Crippen LogP contribution in [0.15, 0.2) is 18.2 Å². The third-order valence-corrected chi connectivity index (χ3v) is 3.02. The van der Waals surface area contributed by atoms with Gasteiger partial charge in [-0.3, -0.25) is 4.68 Å². The quantitative estimate of drug-likeness (QED) is 0.863. The smallest absolute Gasteiger partial charge is 0.383 e. The summed E-state index contributed by atoms with van der Waals surface area (Å²) >= 11 is 0. The molecular formula is C13H14F3N3. The van der Waals surface area contributed by atoms with Gasteiger partial charge in [-0.15, -0.1) is 0 Å². The van der Waals surface area contributed by atoms with Crippen molar-refractivity contribution in [3.8, 4) is 11.1 Å². The average Bonchev–Trinajstić information content (AvgIpc) is 2.59. The van der Waals surface area contributed by atoms with Crippen molar-refractivity contribution in [3.63, 3.8) is 0 Å². The number of nitrogens with two attached hydrogens (primary N) is 1. The summed E-state index contributed by atoms with van der Waals surface area (Å²) in [6.07, 6.45) is -4.53. The van der Waals surface area contributed by atoms with Crippen LogP contribution in [0, 0.1) is 13.8 Å². The lowest BCUT2D eigenvalue weighted by Crippen LogP contribution is -2.08. The van der Waals surface area contributed by atoms with Crippen molar-refractivity contribution in [1.82, 2.24) is 9.78 Å². The van der Waals surface area contributed by atoms with E-state index in [4.69, 9.17) is 5.73 Å². The maximum Gasteiger partial charge on any atom is 0.435 e. The highest BCUT2D eigenvalue weighted by molar-refractivity contribution is 5.79. The van der Waals surface area contributed by atoms with E-state index >= 15 is 0 Å².